The summed E-state index contributed by atoms with van der Waals surface area (Å²) in [6.07, 6.45) is 2.74. The summed E-state index contributed by atoms with van der Waals surface area (Å²) in [5, 5.41) is 2.73. The number of amides is 1. The summed E-state index contributed by atoms with van der Waals surface area (Å²) in [6, 6.07) is 4.97. The van der Waals surface area contributed by atoms with Gasteiger partial charge in [0.05, 0.1) is 6.33 Å². The van der Waals surface area contributed by atoms with E-state index in [1.54, 1.807) is 12.1 Å². The van der Waals surface area contributed by atoms with E-state index in [9.17, 15) is 9.18 Å². The number of nitrogens with one attached hydrogen (secondary N) is 2. The number of aromatic nitrogens is 4. The molecule has 1 aromatic carbocycles. The third-order valence-corrected chi connectivity index (χ3v) is 3.50. The van der Waals surface area contributed by atoms with E-state index >= 15 is 0 Å². The molecule has 8 heteroatoms. The highest BCUT2D eigenvalue weighted by atomic mass is 19.1. The number of hydrogen-bond acceptors (Lipinski definition) is 5. The van der Waals surface area contributed by atoms with Gasteiger partial charge in [0.15, 0.2) is 11.3 Å². The average molecular weight is 328 g/mol. The molecule has 2 heterocycles. The first-order valence-corrected chi connectivity index (χ1v) is 7.39. The van der Waals surface area contributed by atoms with Gasteiger partial charge >= 0.3 is 0 Å². The molecule has 0 spiro atoms. The van der Waals surface area contributed by atoms with Crippen molar-refractivity contribution >= 4 is 17.1 Å². The Labute approximate surface area is 137 Å². The van der Waals surface area contributed by atoms with Gasteiger partial charge in [0.2, 0.25) is 0 Å². The van der Waals surface area contributed by atoms with Crippen molar-refractivity contribution in [3.63, 3.8) is 0 Å². The number of halogens is 1. The van der Waals surface area contributed by atoms with Crippen LogP contribution in [0.2, 0.25) is 0 Å². The summed E-state index contributed by atoms with van der Waals surface area (Å²) in [5.41, 5.74) is 2.40. The van der Waals surface area contributed by atoms with E-state index in [1.807, 2.05) is 19.0 Å². The zero-order valence-corrected chi connectivity index (χ0v) is 13.4. The number of rotatable bonds is 5. The van der Waals surface area contributed by atoms with Gasteiger partial charge < -0.3 is 15.2 Å². The Hall–Kier alpha value is -2.87. The summed E-state index contributed by atoms with van der Waals surface area (Å²) in [4.78, 5) is 28.9. The molecule has 124 valence electrons. The van der Waals surface area contributed by atoms with E-state index in [2.05, 4.69) is 25.3 Å². The normalized spacial score (nSPS) is 11.2. The van der Waals surface area contributed by atoms with Crippen molar-refractivity contribution < 1.29 is 9.18 Å². The zero-order valence-electron chi connectivity index (χ0n) is 13.4. The lowest BCUT2D eigenvalue weighted by Crippen LogP contribution is -2.24. The average Bonchev–Trinajstić information content (AvgIpc) is 3.03. The van der Waals surface area contributed by atoms with Crippen LogP contribution in [0.25, 0.3) is 11.2 Å². The standard InChI is InChI=1S/C16H17FN6O/c1-23(2)7-11-4-3-10(5-12(11)17)6-18-16(24)14-13-15(21-8-19-13)22-9-20-14/h3-5,8-9H,6-7H2,1-2H3,(H,18,24)(H,19,20,21,22). The summed E-state index contributed by atoms with van der Waals surface area (Å²) in [6.45, 7) is 0.731. The molecule has 0 aliphatic rings. The largest absolute Gasteiger partial charge is 0.347 e. The third kappa shape index (κ3) is 3.38. The fourth-order valence-corrected chi connectivity index (χ4v) is 2.37. The minimum atomic E-state index is -0.371. The van der Waals surface area contributed by atoms with Crippen molar-refractivity contribution in [2.45, 2.75) is 13.1 Å². The topological polar surface area (TPSA) is 86.8 Å². The van der Waals surface area contributed by atoms with Crippen LogP contribution in [0.1, 0.15) is 21.6 Å². The number of nitrogens with zero attached hydrogens (tertiary/aromatic N) is 4. The fourth-order valence-electron chi connectivity index (χ4n) is 2.37. The molecule has 0 unspecified atom stereocenters. The number of hydrogen-bond donors (Lipinski definition) is 2. The molecule has 3 aromatic rings. The van der Waals surface area contributed by atoms with Crippen LogP contribution in [-0.4, -0.2) is 44.8 Å². The van der Waals surface area contributed by atoms with Gasteiger partial charge in [-0.3, -0.25) is 4.79 Å². The minimum Gasteiger partial charge on any atom is -0.347 e. The van der Waals surface area contributed by atoms with Crippen LogP contribution in [0.3, 0.4) is 0 Å². The SMILES string of the molecule is CN(C)Cc1ccc(CNC(=O)c2ncnc3nc[nH]c23)cc1F. The van der Waals surface area contributed by atoms with E-state index < -0.39 is 0 Å². The molecule has 0 saturated carbocycles. The van der Waals surface area contributed by atoms with Crippen LogP contribution in [0.5, 0.6) is 0 Å². The van der Waals surface area contributed by atoms with E-state index in [1.165, 1.54) is 18.7 Å². The van der Waals surface area contributed by atoms with Crippen molar-refractivity contribution in [3.05, 3.63) is 53.5 Å². The molecule has 0 fully saturated rings. The molecule has 0 atom stereocenters. The van der Waals surface area contributed by atoms with Crippen molar-refractivity contribution in [2.24, 2.45) is 0 Å². The molecular formula is C16H17FN6O. The van der Waals surface area contributed by atoms with Gasteiger partial charge in [-0.25, -0.2) is 19.3 Å². The lowest BCUT2D eigenvalue weighted by molar-refractivity contribution is 0.0947. The quantitative estimate of drug-likeness (QED) is 0.741. The first-order valence-electron chi connectivity index (χ1n) is 7.39. The molecule has 2 N–H and O–H groups in total. The van der Waals surface area contributed by atoms with Gasteiger partial charge in [-0.05, 0) is 25.7 Å². The Bertz CT molecular complexity index is 876. The molecule has 0 aliphatic heterocycles. The predicted octanol–water partition coefficient (Wildman–Crippen LogP) is 1.48. The van der Waals surface area contributed by atoms with Crippen LogP contribution < -0.4 is 5.32 Å². The number of carbonyl (C=O) groups excluding carboxylic acids is 1. The van der Waals surface area contributed by atoms with Crippen LogP contribution in [0.15, 0.2) is 30.9 Å². The smallest absolute Gasteiger partial charge is 0.272 e. The highest BCUT2D eigenvalue weighted by Crippen LogP contribution is 2.13. The van der Waals surface area contributed by atoms with Crippen molar-refractivity contribution in [1.82, 2.24) is 30.2 Å². The van der Waals surface area contributed by atoms with Gasteiger partial charge in [-0.15, -0.1) is 0 Å². The monoisotopic (exact) mass is 328 g/mol. The molecular weight excluding hydrogens is 311 g/mol. The highest BCUT2D eigenvalue weighted by molar-refractivity contribution is 6.01. The number of fused-ring (bicyclic) bond motifs is 1. The fraction of sp³-hybridized carbons (Fsp3) is 0.250. The Morgan fingerprint density at radius 1 is 1.29 bits per heavy atom. The van der Waals surface area contributed by atoms with Gasteiger partial charge in [-0.2, -0.15) is 0 Å². The first kappa shape index (κ1) is 16.0. The van der Waals surface area contributed by atoms with E-state index in [0.29, 0.717) is 28.8 Å². The molecule has 0 bridgehead atoms. The molecule has 0 radical (unpaired) electrons. The summed E-state index contributed by atoms with van der Waals surface area (Å²) >= 11 is 0. The summed E-state index contributed by atoms with van der Waals surface area (Å²) in [7, 11) is 3.76. The maximum Gasteiger partial charge on any atom is 0.272 e. The number of imidazole rings is 1. The molecule has 3 rings (SSSR count). The third-order valence-electron chi connectivity index (χ3n) is 3.50. The second kappa shape index (κ2) is 6.71. The summed E-state index contributed by atoms with van der Waals surface area (Å²) in [5.74, 6) is -0.655. The van der Waals surface area contributed by atoms with Crippen LogP contribution in [0, 0.1) is 5.82 Å². The predicted molar refractivity (Wildman–Crippen MR) is 86.6 cm³/mol. The first-order chi connectivity index (χ1) is 11.5. The van der Waals surface area contributed by atoms with Crippen molar-refractivity contribution in [2.75, 3.05) is 14.1 Å². The molecule has 0 saturated heterocycles. The Balaban J connectivity index is 1.70. The minimum absolute atomic E-state index is 0.206. The van der Waals surface area contributed by atoms with Crippen molar-refractivity contribution in [3.8, 4) is 0 Å². The van der Waals surface area contributed by atoms with Gasteiger partial charge in [0, 0.05) is 18.7 Å². The van der Waals surface area contributed by atoms with E-state index in [4.69, 9.17) is 0 Å². The molecule has 2 aromatic heterocycles. The van der Waals surface area contributed by atoms with E-state index in [-0.39, 0.29) is 24.0 Å². The lowest BCUT2D eigenvalue weighted by Gasteiger charge is -2.12. The van der Waals surface area contributed by atoms with Crippen LogP contribution in [-0.2, 0) is 13.1 Å². The van der Waals surface area contributed by atoms with Crippen LogP contribution in [0.4, 0.5) is 4.39 Å². The number of benzene rings is 1. The maximum atomic E-state index is 14.1. The molecule has 1 amide bonds. The number of aromatic amines is 1. The van der Waals surface area contributed by atoms with Crippen LogP contribution >= 0.6 is 0 Å². The molecule has 24 heavy (non-hydrogen) atoms. The molecule has 0 aliphatic carbocycles. The Morgan fingerprint density at radius 2 is 2.12 bits per heavy atom. The second-order valence-electron chi connectivity index (χ2n) is 5.67. The second-order valence-corrected chi connectivity index (χ2v) is 5.67. The maximum absolute atomic E-state index is 14.1. The Morgan fingerprint density at radius 3 is 2.88 bits per heavy atom. The highest BCUT2D eigenvalue weighted by Gasteiger charge is 2.14. The van der Waals surface area contributed by atoms with Crippen molar-refractivity contribution in [1.29, 1.82) is 0 Å². The van der Waals surface area contributed by atoms with Gasteiger partial charge in [0.25, 0.3) is 5.91 Å². The number of H-pyrrole nitrogens is 1. The zero-order chi connectivity index (χ0) is 17.1. The number of carbonyl (C=O) groups is 1. The van der Waals surface area contributed by atoms with E-state index in [0.717, 1.165) is 0 Å². The lowest BCUT2D eigenvalue weighted by atomic mass is 10.1. The van der Waals surface area contributed by atoms with Gasteiger partial charge in [0.1, 0.15) is 17.7 Å². The Kier molecular flexibility index (Phi) is 4.48. The van der Waals surface area contributed by atoms with Gasteiger partial charge in [-0.1, -0.05) is 12.1 Å². The summed E-state index contributed by atoms with van der Waals surface area (Å²) < 4.78 is 14.1. The molecule has 7 nitrogen and oxygen atoms in total.